The molecule has 0 amide bonds. The van der Waals surface area contributed by atoms with E-state index in [2.05, 4.69) is 17.4 Å². The van der Waals surface area contributed by atoms with Crippen LogP contribution in [0, 0.1) is 18.3 Å². The number of nitrogens with zero attached hydrogens (tertiary/aromatic N) is 2. The Morgan fingerprint density at radius 1 is 1.11 bits per heavy atom. The highest BCUT2D eigenvalue weighted by Gasteiger charge is 1.94. The Kier molecular flexibility index (Phi) is 4.30. The Hall–Kier alpha value is -2.60. The van der Waals surface area contributed by atoms with Crippen LogP contribution in [-0.2, 0) is 11.4 Å². The van der Waals surface area contributed by atoms with E-state index in [0.29, 0.717) is 12.2 Å². The lowest BCUT2D eigenvalue weighted by molar-refractivity contribution is 0.132. The number of rotatable bonds is 4. The van der Waals surface area contributed by atoms with Gasteiger partial charge in [0.05, 0.1) is 11.6 Å². The number of hydrogen-bond donors (Lipinski definition) is 0. The molecule has 0 aliphatic carbocycles. The van der Waals surface area contributed by atoms with Gasteiger partial charge in [-0.3, -0.25) is 0 Å². The second-order valence-corrected chi connectivity index (χ2v) is 4.15. The summed E-state index contributed by atoms with van der Waals surface area (Å²) in [5.74, 6) is 0. The van der Waals surface area contributed by atoms with Crippen molar-refractivity contribution < 1.29 is 4.84 Å². The fourth-order valence-electron chi connectivity index (χ4n) is 1.53. The van der Waals surface area contributed by atoms with Crippen LogP contribution >= 0.6 is 0 Å². The van der Waals surface area contributed by atoms with E-state index < -0.39 is 0 Å². The number of aryl methyl sites for hydroxylation is 1. The monoisotopic (exact) mass is 249 g/mol. The smallest absolute Gasteiger partial charge is 0.142 e. The third kappa shape index (κ3) is 3.97. The molecule has 93 valence electrons. The molecule has 0 N–H and O–H groups in total. The van der Waals surface area contributed by atoms with Crippen molar-refractivity contribution in [1.82, 2.24) is 0 Å². The standard InChI is InChI=1S/C16H13N2O/c1-13-5-7-14(8-6-13)12-19-18-11-16-4-2-3-15(9-16)10-17/h2-9H,12H2,1H3. The molecule has 3 heteroatoms. The van der Waals surface area contributed by atoms with Gasteiger partial charge >= 0.3 is 0 Å². The molecule has 2 rings (SSSR count). The van der Waals surface area contributed by atoms with Crippen LogP contribution in [-0.4, -0.2) is 6.21 Å². The highest BCUT2D eigenvalue weighted by Crippen LogP contribution is 2.05. The van der Waals surface area contributed by atoms with Gasteiger partial charge in [-0.15, -0.1) is 0 Å². The zero-order valence-electron chi connectivity index (χ0n) is 10.6. The molecular formula is C16H13N2O. The van der Waals surface area contributed by atoms with Crippen molar-refractivity contribution in [2.24, 2.45) is 5.16 Å². The molecule has 0 aliphatic heterocycles. The van der Waals surface area contributed by atoms with Crippen molar-refractivity contribution in [3.8, 4) is 6.07 Å². The van der Waals surface area contributed by atoms with E-state index in [-0.39, 0.29) is 0 Å². The Labute approximate surface area is 112 Å². The van der Waals surface area contributed by atoms with E-state index in [1.165, 1.54) is 5.56 Å². The van der Waals surface area contributed by atoms with Gasteiger partial charge in [0.2, 0.25) is 0 Å². The maximum atomic E-state index is 8.77. The van der Waals surface area contributed by atoms with Gasteiger partial charge in [0.1, 0.15) is 12.8 Å². The lowest BCUT2D eigenvalue weighted by Crippen LogP contribution is -1.89. The Morgan fingerprint density at radius 3 is 2.58 bits per heavy atom. The third-order valence-electron chi connectivity index (χ3n) is 2.58. The molecular weight excluding hydrogens is 236 g/mol. The van der Waals surface area contributed by atoms with Gasteiger partial charge in [0.25, 0.3) is 0 Å². The van der Waals surface area contributed by atoms with Crippen LogP contribution < -0.4 is 0 Å². The molecule has 0 spiro atoms. The summed E-state index contributed by atoms with van der Waals surface area (Å²) in [5.41, 5.74) is 3.58. The maximum absolute atomic E-state index is 8.77. The van der Waals surface area contributed by atoms with Gasteiger partial charge < -0.3 is 4.84 Å². The summed E-state index contributed by atoms with van der Waals surface area (Å²) >= 11 is 0. The van der Waals surface area contributed by atoms with E-state index in [9.17, 15) is 0 Å². The predicted molar refractivity (Wildman–Crippen MR) is 73.7 cm³/mol. The summed E-state index contributed by atoms with van der Waals surface area (Å²) in [7, 11) is 0. The largest absolute Gasteiger partial charge is 0.390 e. The summed E-state index contributed by atoms with van der Waals surface area (Å²) in [6.07, 6.45) is 2.75. The maximum Gasteiger partial charge on any atom is 0.142 e. The van der Waals surface area contributed by atoms with Crippen LogP contribution in [0.2, 0.25) is 0 Å². The Balaban J connectivity index is 1.90. The van der Waals surface area contributed by atoms with Crippen LogP contribution in [0.15, 0.2) is 53.7 Å². The normalized spacial score (nSPS) is 10.3. The lowest BCUT2D eigenvalue weighted by Gasteiger charge is -2.00. The molecule has 19 heavy (non-hydrogen) atoms. The van der Waals surface area contributed by atoms with Crippen LogP contribution in [0.25, 0.3) is 0 Å². The SMILES string of the molecule is Cc1ccc(CO/N=[C]\c2cccc(C#N)c2)cc1. The zero-order valence-corrected chi connectivity index (χ0v) is 10.6. The fraction of sp³-hybridized carbons (Fsp3) is 0.125. The third-order valence-corrected chi connectivity index (χ3v) is 2.58. The quantitative estimate of drug-likeness (QED) is 0.616. The van der Waals surface area contributed by atoms with Crippen molar-refractivity contribution in [2.75, 3.05) is 0 Å². The minimum atomic E-state index is 0.408. The van der Waals surface area contributed by atoms with E-state index in [4.69, 9.17) is 10.1 Å². The highest BCUT2D eigenvalue weighted by atomic mass is 16.6. The number of benzene rings is 2. The van der Waals surface area contributed by atoms with Crippen LogP contribution in [0.4, 0.5) is 0 Å². The van der Waals surface area contributed by atoms with E-state index in [1.807, 2.05) is 37.3 Å². The van der Waals surface area contributed by atoms with Crippen LogP contribution in [0.5, 0.6) is 0 Å². The van der Waals surface area contributed by atoms with Crippen molar-refractivity contribution in [3.63, 3.8) is 0 Å². The lowest BCUT2D eigenvalue weighted by atomic mass is 10.1. The molecule has 0 aliphatic rings. The first-order chi connectivity index (χ1) is 9.28. The summed E-state index contributed by atoms with van der Waals surface area (Å²) in [4.78, 5) is 5.17. The molecule has 0 saturated heterocycles. The fourth-order valence-corrected chi connectivity index (χ4v) is 1.53. The summed E-state index contributed by atoms with van der Waals surface area (Å²) in [5, 5.41) is 12.5. The van der Waals surface area contributed by atoms with Gasteiger partial charge in [0.15, 0.2) is 0 Å². The molecule has 0 saturated carbocycles. The Bertz CT molecular complexity index is 609. The van der Waals surface area contributed by atoms with Crippen LogP contribution in [0.3, 0.4) is 0 Å². The van der Waals surface area contributed by atoms with E-state index in [0.717, 1.165) is 11.1 Å². The molecule has 0 bridgehead atoms. The molecule has 0 fully saturated rings. The average molecular weight is 249 g/mol. The molecule has 0 heterocycles. The van der Waals surface area contributed by atoms with Crippen molar-refractivity contribution in [1.29, 1.82) is 5.26 Å². The first-order valence-corrected chi connectivity index (χ1v) is 5.91. The summed E-state index contributed by atoms with van der Waals surface area (Å²) in [6.45, 7) is 2.45. The molecule has 2 aromatic carbocycles. The Morgan fingerprint density at radius 2 is 1.84 bits per heavy atom. The first kappa shape index (κ1) is 12.8. The molecule has 0 aromatic heterocycles. The predicted octanol–water partition coefficient (Wildman–Crippen LogP) is 3.29. The molecule has 2 aromatic rings. The van der Waals surface area contributed by atoms with E-state index >= 15 is 0 Å². The molecule has 3 nitrogen and oxygen atoms in total. The van der Waals surface area contributed by atoms with Crippen molar-refractivity contribution >= 4 is 6.21 Å². The minimum absolute atomic E-state index is 0.408. The minimum Gasteiger partial charge on any atom is -0.390 e. The number of hydrogen-bond acceptors (Lipinski definition) is 3. The van der Waals surface area contributed by atoms with Crippen LogP contribution in [0.1, 0.15) is 22.3 Å². The van der Waals surface area contributed by atoms with Gasteiger partial charge in [-0.05, 0) is 24.6 Å². The molecule has 0 unspecified atom stereocenters. The van der Waals surface area contributed by atoms with Crippen molar-refractivity contribution in [2.45, 2.75) is 13.5 Å². The number of nitriles is 1. The second-order valence-electron chi connectivity index (χ2n) is 4.15. The second kappa shape index (κ2) is 6.36. The van der Waals surface area contributed by atoms with E-state index in [1.54, 1.807) is 18.2 Å². The molecule has 0 atom stereocenters. The summed E-state index contributed by atoms with van der Waals surface area (Å²) in [6, 6.07) is 17.2. The van der Waals surface area contributed by atoms with Crippen molar-refractivity contribution in [3.05, 3.63) is 70.8 Å². The highest BCUT2D eigenvalue weighted by molar-refractivity contribution is 5.79. The van der Waals surface area contributed by atoms with Gasteiger partial charge in [-0.2, -0.15) is 5.26 Å². The zero-order chi connectivity index (χ0) is 13.5. The average Bonchev–Trinajstić information content (AvgIpc) is 2.46. The topological polar surface area (TPSA) is 45.4 Å². The first-order valence-electron chi connectivity index (χ1n) is 5.91. The summed E-state index contributed by atoms with van der Waals surface area (Å²) < 4.78 is 0. The molecule has 1 radical (unpaired) electrons. The van der Waals surface area contributed by atoms with Gasteiger partial charge in [-0.25, -0.2) is 0 Å². The van der Waals surface area contributed by atoms with Gasteiger partial charge in [-0.1, -0.05) is 47.1 Å². The van der Waals surface area contributed by atoms with Gasteiger partial charge in [0, 0.05) is 5.56 Å².